The van der Waals surface area contributed by atoms with Crippen LogP contribution in [0.2, 0.25) is 0 Å². The largest absolute Gasteiger partial charge is 0.508 e. The Kier molecular flexibility index (Phi) is 19.2. The topological polar surface area (TPSA) is 35.5 Å². The minimum absolute atomic E-state index is 0.0710. The zero-order chi connectivity index (χ0) is 21.7. The van der Waals surface area contributed by atoms with Gasteiger partial charge in [-0.25, -0.2) is 4.79 Å². The quantitative estimate of drug-likeness (QED) is 0.129. The minimum Gasteiger partial charge on any atom is -0.434 e. The SMILES string of the molecule is CCCCC/C=C/C/C=C/CCCCCCCCOC(=O)OC(C(C)C)C(C)C. The van der Waals surface area contributed by atoms with Crippen molar-refractivity contribution in [3.05, 3.63) is 24.3 Å². The second kappa shape index (κ2) is 20.0. The van der Waals surface area contributed by atoms with Crippen LogP contribution in [0, 0.1) is 11.8 Å². The van der Waals surface area contributed by atoms with Crippen molar-refractivity contribution in [1.82, 2.24) is 0 Å². The fourth-order valence-corrected chi connectivity index (χ4v) is 3.43. The van der Waals surface area contributed by atoms with Crippen molar-refractivity contribution < 1.29 is 14.3 Å². The summed E-state index contributed by atoms with van der Waals surface area (Å²) in [6, 6.07) is 0. The lowest BCUT2D eigenvalue weighted by Crippen LogP contribution is -2.29. The van der Waals surface area contributed by atoms with Gasteiger partial charge in [-0.3, -0.25) is 0 Å². The maximum Gasteiger partial charge on any atom is 0.508 e. The first-order valence-corrected chi connectivity index (χ1v) is 12.1. The van der Waals surface area contributed by atoms with E-state index in [1.54, 1.807) is 0 Å². The first-order chi connectivity index (χ1) is 14.0. The molecule has 3 nitrogen and oxygen atoms in total. The van der Waals surface area contributed by atoms with Crippen molar-refractivity contribution in [1.29, 1.82) is 0 Å². The highest BCUT2D eigenvalue weighted by Crippen LogP contribution is 2.17. The third kappa shape index (κ3) is 18.5. The van der Waals surface area contributed by atoms with Gasteiger partial charge in [0.25, 0.3) is 0 Å². The molecule has 0 aromatic rings. The van der Waals surface area contributed by atoms with E-state index in [1.807, 2.05) is 0 Å². The summed E-state index contributed by atoms with van der Waals surface area (Å²) in [6.45, 7) is 11.0. The molecule has 0 aliphatic carbocycles. The predicted molar refractivity (Wildman–Crippen MR) is 125 cm³/mol. The third-order valence-corrected chi connectivity index (χ3v) is 5.11. The lowest BCUT2D eigenvalue weighted by Gasteiger charge is -2.24. The van der Waals surface area contributed by atoms with Crippen molar-refractivity contribution >= 4 is 6.16 Å². The van der Waals surface area contributed by atoms with Gasteiger partial charge in [0.2, 0.25) is 0 Å². The minimum atomic E-state index is -0.514. The number of ether oxygens (including phenoxy) is 2. The van der Waals surface area contributed by atoms with Crippen molar-refractivity contribution in [3.63, 3.8) is 0 Å². The molecule has 0 amide bonds. The Hall–Kier alpha value is -1.25. The fraction of sp³-hybridized carbons (Fsp3) is 0.808. The van der Waals surface area contributed by atoms with E-state index in [2.05, 4.69) is 58.9 Å². The molecule has 0 radical (unpaired) electrons. The molecule has 0 N–H and O–H groups in total. The highest BCUT2D eigenvalue weighted by atomic mass is 16.7. The van der Waals surface area contributed by atoms with Gasteiger partial charge in [0, 0.05) is 0 Å². The maximum absolute atomic E-state index is 11.8. The zero-order valence-electron chi connectivity index (χ0n) is 20.0. The Morgan fingerprint density at radius 2 is 1.24 bits per heavy atom. The smallest absolute Gasteiger partial charge is 0.434 e. The summed E-state index contributed by atoms with van der Waals surface area (Å²) in [7, 11) is 0. The summed E-state index contributed by atoms with van der Waals surface area (Å²) in [5.41, 5.74) is 0. The second-order valence-electron chi connectivity index (χ2n) is 8.75. The highest BCUT2D eigenvalue weighted by Gasteiger charge is 2.22. The van der Waals surface area contributed by atoms with Crippen LogP contribution in [-0.2, 0) is 9.47 Å². The fourth-order valence-electron chi connectivity index (χ4n) is 3.43. The van der Waals surface area contributed by atoms with Crippen LogP contribution in [0.25, 0.3) is 0 Å². The number of hydrogen-bond acceptors (Lipinski definition) is 3. The van der Waals surface area contributed by atoms with E-state index in [1.165, 1.54) is 57.8 Å². The van der Waals surface area contributed by atoms with Gasteiger partial charge in [0.05, 0.1) is 6.61 Å². The Morgan fingerprint density at radius 1 is 0.724 bits per heavy atom. The summed E-state index contributed by atoms with van der Waals surface area (Å²) >= 11 is 0. The Morgan fingerprint density at radius 3 is 1.79 bits per heavy atom. The molecule has 0 saturated carbocycles. The van der Waals surface area contributed by atoms with E-state index in [-0.39, 0.29) is 6.10 Å². The highest BCUT2D eigenvalue weighted by molar-refractivity contribution is 5.60. The molecule has 0 atom stereocenters. The van der Waals surface area contributed by atoms with Crippen LogP contribution in [0.15, 0.2) is 24.3 Å². The maximum atomic E-state index is 11.8. The molecular weight excluding hydrogens is 360 g/mol. The Labute approximate surface area is 181 Å². The van der Waals surface area contributed by atoms with Crippen LogP contribution in [-0.4, -0.2) is 18.9 Å². The van der Waals surface area contributed by atoms with E-state index >= 15 is 0 Å². The van der Waals surface area contributed by atoms with Crippen molar-refractivity contribution in [2.75, 3.05) is 6.61 Å². The summed E-state index contributed by atoms with van der Waals surface area (Å²) in [5.74, 6) is 0.619. The van der Waals surface area contributed by atoms with Crippen LogP contribution in [0.4, 0.5) is 4.79 Å². The van der Waals surface area contributed by atoms with Crippen LogP contribution in [0.3, 0.4) is 0 Å². The van der Waals surface area contributed by atoms with Gasteiger partial charge in [-0.15, -0.1) is 0 Å². The van der Waals surface area contributed by atoms with Crippen LogP contribution in [0.5, 0.6) is 0 Å². The summed E-state index contributed by atoms with van der Waals surface area (Å²) in [4.78, 5) is 11.8. The molecule has 170 valence electrons. The van der Waals surface area contributed by atoms with Crippen LogP contribution in [0.1, 0.15) is 112 Å². The van der Waals surface area contributed by atoms with E-state index in [4.69, 9.17) is 9.47 Å². The molecule has 0 fully saturated rings. The number of allylic oxidation sites excluding steroid dienone is 4. The molecule has 29 heavy (non-hydrogen) atoms. The lowest BCUT2D eigenvalue weighted by molar-refractivity contribution is -0.0110. The zero-order valence-corrected chi connectivity index (χ0v) is 20.0. The molecule has 0 aromatic carbocycles. The second-order valence-corrected chi connectivity index (χ2v) is 8.75. The average Bonchev–Trinajstić information content (AvgIpc) is 2.68. The third-order valence-electron chi connectivity index (χ3n) is 5.11. The van der Waals surface area contributed by atoms with Gasteiger partial charge in [-0.2, -0.15) is 0 Å². The number of rotatable bonds is 18. The summed E-state index contributed by atoms with van der Waals surface area (Å²) < 4.78 is 10.6. The van der Waals surface area contributed by atoms with Gasteiger partial charge >= 0.3 is 6.16 Å². The van der Waals surface area contributed by atoms with Gasteiger partial charge in [0.15, 0.2) is 0 Å². The number of carbonyl (C=O) groups is 1. The molecule has 0 aliphatic heterocycles. The van der Waals surface area contributed by atoms with Gasteiger partial charge in [0.1, 0.15) is 6.10 Å². The van der Waals surface area contributed by atoms with Crippen LogP contribution >= 0.6 is 0 Å². The monoisotopic (exact) mass is 408 g/mol. The van der Waals surface area contributed by atoms with Crippen molar-refractivity contribution in [2.24, 2.45) is 11.8 Å². The predicted octanol–water partition coefficient (Wildman–Crippen LogP) is 8.63. The normalized spacial score (nSPS) is 12.1. The van der Waals surface area contributed by atoms with Gasteiger partial charge in [-0.05, 0) is 50.4 Å². The molecule has 3 heteroatoms. The molecule has 0 aliphatic rings. The molecule has 0 spiro atoms. The van der Waals surface area contributed by atoms with Gasteiger partial charge < -0.3 is 9.47 Å². The van der Waals surface area contributed by atoms with Crippen molar-refractivity contribution in [2.45, 2.75) is 118 Å². The molecule has 0 rings (SSSR count). The molecule has 0 saturated heterocycles. The van der Waals surface area contributed by atoms with E-state index in [0.29, 0.717) is 18.4 Å². The molecular formula is C26H48O3. The molecule has 0 heterocycles. The molecule has 0 aromatic heterocycles. The number of carbonyl (C=O) groups excluding carboxylic acids is 1. The van der Waals surface area contributed by atoms with Crippen molar-refractivity contribution in [3.8, 4) is 0 Å². The summed E-state index contributed by atoms with van der Waals surface area (Å²) in [6.07, 6.45) is 23.1. The van der Waals surface area contributed by atoms with E-state index < -0.39 is 6.16 Å². The van der Waals surface area contributed by atoms with E-state index in [9.17, 15) is 4.79 Å². The number of hydrogen-bond donors (Lipinski definition) is 0. The standard InChI is InChI=1S/C26H48O3/c1-6-7-8-9-10-11-12-13-14-15-16-17-18-19-20-21-22-28-26(27)29-25(23(2)3)24(4)5/h10-11,13-14,23-25H,6-9,12,15-22H2,1-5H3/b11-10+,14-13+. The lowest BCUT2D eigenvalue weighted by atomic mass is 9.96. The van der Waals surface area contributed by atoms with Gasteiger partial charge in [-0.1, -0.05) is 97.4 Å². The number of unbranched alkanes of at least 4 members (excludes halogenated alkanes) is 9. The Bertz CT molecular complexity index is 416. The molecule has 0 unspecified atom stereocenters. The van der Waals surface area contributed by atoms with Crippen LogP contribution < -0.4 is 0 Å². The van der Waals surface area contributed by atoms with E-state index in [0.717, 1.165) is 19.3 Å². The first-order valence-electron chi connectivity index (χ1n) is 12.1. The Balaban J connectivity index is 3.45. The summed E-state index contributed by atoms with van der Waals surface area (Å²) in [5, 5.41) is 0. The molecule has 0 bridgehead atoms. The average molecular weight is 409 g/mol. The first kappa shape index (κ1) is 27.8.